The van der Waals surface area contributed by atoms with Crippen molar-refractivity contribution in [3.8, 4) is 0 Å². The molecule has 0 saturated carbocycles. The molecule has 1 aliphatic heterocycles. The van der Waals surface area contributed by atoms with Crippen LogP contribution in [0, 0.1) is 5.92 Å². The van der Waals surface area contributed by atoms with Crippen molar-refractivity contribution in [2.45, 2.75) is 45.6 Å². The first-order valence-electron chi connectivity index (χ1n) is 6.71. The van der Waals surface area contributed by atoms with Gasteiger partial charge in [-0.1, -0.05) is 20.8 Å². The van der Waals surface area contributed by atoms with Crippen molar-refractivity contribution >= 4 is 5.97 Å². The Balaban J connectivity index is 2.67. The predicted octanol–water partition coefficient (Wildman–Crippen LogP) is 1.56. The SMILES string of the molecule is CCN1CCCC(NCC(C)C)(C(=O)O)CC1. The Hall–Kier alpha value is -0.610. The van der Waals surface area contributed by atoms with Gasteiger partial charge >= 0.3 is 5.97 Å². The quantitative estimate of drug-likeness (QED) is 0.768. The molecule has 0 aromatic rings. The molecule has 100 valence electrons. The Morgan fingerprint density at radius 1 is 1.41 bits per heavy atom. The van der Waals surface area contributed by atoms with Gasteiger partial charge in [-0.25, -0.2) is 0 Å². The molecule has 0 aromatic carbocycles. The summed E-state index contributed by atoms with van der Waals surface area (Å²) in [6.07, 6.45) is 2.42. The van der Waals surface area contributed by atoms with E-state index in [0.717, 1.165) is 39.0 Å². The zero-order chi connectivity index (χ0) is 12.9. The van der Waals surface area contributed by atoms with E-state index < -0.39 is 11.5 Å². The van der Waals surface area contributed by atoms with Gasteiger partial charge in [0, 0.05) is 6.54 Å². The van der Waals surface area contributed by atoms with Gasteiger partial charge in [0.25, 0.3) is 0 Å². The number of carbonyl (C=O) groups is 1. The normalized spacial score (nSPS) is 27.1. The number of carboxylic acids is 1. The van der Waals surface area contributed by atoms with Crippen LogP contribution in [0.15, 0.2) is 0 Å². The van der Waals surface area contributed by atoms with Crippen LogP contribution in [0.2, 0.25) is 0 Å². The minimum absolute atomic E-state index is 0.483. The molecule has 1 aliphatic rings. The van der Waals surface area contributed by atoms with Gasteiger partial charge in [0.1, 0.15) is 5.54 Å². The molecule has 0 spiro atoms. The second-order valence-electron chi connectivity index (χ2n) is 5.45. The molecular formula is C13H26N2O2. The first-order valence-corrected chi connectivity index (χ1v) is 6.71. The van der Waals surface area contributed by atoms with Crippen molar-refractivity contribution in [1.29, 1.82) is 0 Å². The van der Waals surface area contributed by atoms with Crippen molar-refractivity contribution in [2.75, 3.05) is 26.2 Å². The third-order valence-electron chi connectivity index (χ3n) is 3.64. The van der Waals surface area contributed by atoms with Crippen LogP contribution in [0.3, 0.4) is 0 Å². The Morgan fingerprint density at radius 3 is 2.65 bits per heavy atom. The molecule has 0 aromatic heterocycles. The zero-order valence-corrected chi connectivity index (χ0v) is 11.3. The Bertz CT molecular complexity index is 256. The van der Waals surface area contributed by atoms with Gasteiger partial charge in [0.05, 0.1) is 0 Å². The van der Waals surface area contributed by atoms with E-state index >= 15 is 0 Å². The minimum Gasteiger partial charge on any atom is -0.480 e. The van der Waals surface area contributed by atoms with E-state index in [1.165, 1.54) is 0 Å². The molecule has 1 atom stereocenters. The van der Waals surface area contributed by atoms with E-state index in [1.54, 1.807) is 0 Å². The van der Waals surface area contributed by atoms with Gasteiger partial charge in [-0.05, 0) is 44.8 Å². The predicted molar refractivity (Wildman–Crippen MR) is 69.2 cm³/mol. The molecule has 1 unspecified atom stereocenters. The lowest BCUT2D eigenvalue weighted by Gasteiger charge is -2.30. The fourth-order valence-corrected chi connectivity index (χ4v) is 2.37. The zero-order valence-electron chi connectivity index (χ0n) is 11.3. The molecule has 1 heterocycles. The molecule has 2 N–H and O–H groups in total. The number of carboxylic acid groups (broad SMARTS) is 1. The van der Waals surface area contributed by atoms with E-state index in [1.807, 2.05) is 0 Å². The Labute approximate surface area is 104 Å². The van der Waals surface area contributed by atoms with Gasteiger partial charge in [0.2, 0.25) is 0 Å². The lowest BCUT2D eigenvalue weighted by atomic mass is 9.90. The molecule has 1 rings (SSSR count). The van der Waals surface area contributed by atoms with Crippen LogP contribution < -0.4 is 5.32 Å². The number of aliphatic carboxylic acids is 1. The number of hydrogen-bond donors (Lipinski definition) is 2. The third-order valence-corrected chi connectivity index (χ3v) is 3.64. The Morgan fingerprint density at radius 2 is 2.12 bits per heavy atom. The summed E-state index contributed by atoms with van der Waals surface area (Å²) in [5.41, 5.74) is -0.700. The molecular weight excluding hydrogens is 216 g/mol. The average molecular weight is 242 g/mol. The topological polar surface area (TPSA) is 52.6 Å². The summed E-state index contributed by atoms with van der Waals surface area (Å²) in [6, 6.07) is 0. The van der Waals surface area contributed by atoms with E-state index in [0.29, 0.717) is 12.3 Å². The fraction of sp³-hybridized carbons (Fsp3) is 0.923. The van der Waals surface area contributed by atoms with Crippen molar-refractivity contribution < 1.29 is 9.90 Å². The molecule has 0 aliphatic carbocycles. The second kappa shape index (κ2) is 6.36. The number of nitrogens with zero attached hydrogens (tertiary/aromatic N) is 1. The number of nitrogens with one attached hydrogen (secondary N) is 1. The summed E-state index contributed by atoms with van der Waals surface area (Å²) in [5.74, 6) is -0.201. The van der Waals surface area contributed by atoms with Crippen molar-refractivity contribution in [3.05, 3.63) is 0 Å². The van der Waals surface area contributed by atoms with Crippen LogP contribution in [-0.2, 0) is 4.79 Å². The summed E-state index contributed by atoms with van der Waals surface area (Å²) >= 11 is 0. The summed E-state index contributed by atoms with van der Waals surface area (Å²) < 4.78 is 0. The molecule has 0 radical (unpaired) electrons. The van der Waals surface area contributed by atoms with Gasteiger partial charge in [-0.15, -0.1) is 0 Å². The van der Waals surface area contributed by atoms with Gasteiger partial charge in [-0.3, -0.25) is 4.79 Å². The summed E-state index contributed by atoms with van der Waals surface area (Å²) in [4.78, 5) is 13.9. The van der Waals surface area contributed by atoms with Crippen molar-refractivity contribution in [3.63, 3.8) is 0 Å². The van der Waals surface area contributed by atoms with Crippen LogP contribution in [0.4, 0.5) is 0 Å². The van der Waals surface area contributed by atoms with Crippen LogP contribution >= 0.6 is 0 Å². The molecule has 0 amide bonds. The second-order valence-corrected chi connectivity index (χ2v) is 5.45. The van der Waals surface area contributed by atoms with Gasteiger partial charge in [-0.2, -0.15) is 0 Å². The molecule has 4 heteroatoms. The molecule has 1 fully saturated rings. The monoisotopic (exact) mass is 242 g/mol. The van der Waals surface area contributed by atoms with Crippen LogP contribution in [0.5, 0.6) is 0 Å². The van der Waals surface area contributed by atoms with Crippen LogP contribution in [0.1, 0.15) is 40.0 Å². The van der Waals surface area contributed by atoms with E-state index in [2.05, 4.69) is 31.0 Å². The van der Waals surface area contributed by atoms with Crippen molar-refractivity contribution in [2.24, 2.45) is 5.92 Å². The fourth-order valence-electron chi connectivity index (χ4n) is 2.37. The molecule has 4 nitrogen and oxygen atoms in total. The lowest BCUT2D eigenvalue weighted by molar-refractivity contribution is -0.145. The van der Waals surface area contributed by atoms with Crippen LogP contribution in [0.25, 0.3) is 0 Å². The van der Waals surface area contributed by atoms with E-state index in [9.17, 15) is 9.90 Å². The highest BCUT2D eigenvalue weighted by Crippen LogP contribution is 2.23. The first kappa shape index (κ1) is 14.5. The highest BCUT2D eigenvalue weighted by Gasteiger charge is 2.39. The largest absolute Gasteiger partial charge is 0.480 e. The maximum Gasteiger partial charge on any atom is 0.323 e. The third kappa shape index (κ3) is 3.96. The van der Waals surface area contributed by atoms with E-state index in [-0.39, 0.29) is 0 Å². The maximum atomic E-state index is 11.6. The standard InChI is InChI=1S/C13H26N2O2/c1-4-15-8-5-6-13(7-9-15,12(16)17)14-10-11(2)3/h11,14H,4-10H2,1-3H3,(H,16,17). The lowest BCUT2D eigenvalue weighted by Crippen LogP contribution is -2.53. The van der Waals surface area contributed by atoms with Gasteiger partial charge < -0.3 is 15.3 Å². The Kier molecular flexibility index (Phi) is 5.40. The molecule has 0 bridgehead atoms. The van der Waals surface area contributed by atoms with Gasteiger partial charge in [0.15, 0.2) is 0 Å². The van der Waals surface area contributed by atoms with E-state index in [4.69, 9.17) is 0 Å². The summed E-state index contributed by atoms with van der Waals surface area (Å²) in [5, 5.41) is 12.8. The van der Waals surface area contributed by atoms with Crippen molar-refractivity contribution in [1.82, 2.24) is 10.2 Å². The highest BCUT2D eigenvalue weighted by molar-refractivity contribution is 5.78. The molecule has 1 saturated heterocycles. The number of likely N-dealkylation sites (tertiary alicyclic amines) is 1. The number of rotatable bonds is 5. The maximum absolute atomic E-state index is 11.6. The van der Waals surface area contributed by atoms with Crippen LogP contribution in [-0.4, -0.2) is 47.7 Å². The number of hydrogen-bond acceptors (Lipinski definition) is 3. The highest BCUT2D eigenvalue weighted by atomic mass is 16.4. The molecule has 17 heavy (non-hydrogen) atoms. The smallest absolute Gasteiger partial charge is 0.323 e. The first-order chi connectivity index (χ1) is 8.00. The average Bonchev–Trinajstić information content (AvgIpc) is 2.49. The summed E-state index contributed by atoms with van der Waals surface area (Å²) in [7, 11) is 0. The minimum atomic E-state index is -0.700. The summed E-state index contributed by atoms with van der Waals surface area (Å²) in [6.45, 7) is 10.0.